The summed E-state index contributed by atoms with van der Waals surface area (Å²) in [4.78, 5) is 0. The second-order valence-electron chi connectivity index (χ2n) is 4.34. The van der Waals surface area contributed by atoms with Gasteiger partial charge in [-0.05, 0) is 17.5 Å². The van der Waals surface area contributed by atoms with Crippen LogP contribution in [0.1, 0.15) is 43.4 Å². The number of methoxy groups -OCH3 is 1. The van der Waals surface area contributed by atoms with Gasteiger partial charge in [-0.3, -0.25) is 0 Å². The number of ether oxygens (including phenoxy) is 2. The van der Waals surface area contributed by atoms with E-state index in [9.17, 15) is 0 Å². The zero-order valence-corrected chi connectivity index (χ0v) is 10.1. The number of hydrogen-bond donors (Lipinski definition) is 0. The van der Waals surface area contributed by atoms with E-state index in [1.807, 2.05) is 0 Å². The molecule has 0 amide bonds. The van der Waals surface area contributed by atoms with E-state index in [1.54, 1.807) is 7.11 Å². The van der Waals surface area contributed by atoms with Gasteiger partial charge in [-0.2, -0.15) is 0 Å². The van der Waals surface area contributed by atoms with Crippen LogP contribution in [0.15, 0.2) is 24.3 Å². The Morgan fingerprint density at radius 1 is 1.38 bits per heavy atom. The molecule has 0 spiro atoms. The Balaban J connectivity index is 2.17. The standard InChI is InChI=1S/C14H20O2/c1-3-4-9-13-12-8-6-5-7-11(12)10-14(15-2)16-13/h5-8,13-14H,3-4,9-10H2,1-2H3/t13-,14-/m1/s1. The fourth-order valence-corrected chi connectivity index (χ4v) is 2.27. The van der Waals surface area contributed by atoms with Gasteiger partial charge in [-0.25, -0.2) is 0 Å². The van der Waals surface area contributed by atoms with Crippen LogP contribution in [0.25, 0.3) is 0 Å². The van der Waals surface area contributed by atoms with Crippen LogP contribution in [0.2, 0.25) is 0 Å². The summed E-state index contributed by atoms with van der Waals surface area (Å²) in [6, 6.07) is 8.55. The molecule has 16 heavy (non-hydrogen) atoms. The highest BCUT2D eigenvalue weighted by molar-refractivity contribution is 5.31. The van der Waals surface area contributed by atoms with Crippen molar-refractivity contribution >= 4 is 0 Å². The zero-order chi connectivity index (χ0) is 11.4. The van der Waals surface area contributed by atoms with Crippen LogP contribution in [0.4, 0.5) is 0 Å². The number of rotatable bonds is 4. The molecular weight excluding hydrogens is 200 g/mol. The van der Waals surface area contributed by atoms with E-state index < -0.39 is 0 Å². The summed E-state index contributed by atoms with van der Waals surface area (Å²) in [5.41, 5.74) is 2.73. The number of unbranched alkanes of at least 4 members (excludes halogenated alkanes) is 1. The molecule has 1 aliphatic rings. The molecule has 0 N–H and O–H groups in total. The molecular formula is C14H20O2. The minimum Gasteiger partial charge on any atom is -0.356 e. The molecule has 2 heteroatoms. The SMILES string of the molecule is CCCC[C@H]1O[C@@H](OC)Cc2ccccc21. The summed E-state index contributed by atoms with van der Waals surface area (Å²) in [6.45, 7) is 2.21. The molecule has 2 rings (SSSR count). The maximum absolute atomic E-state index is 5.94. The van der Waals surface area contributed by atoms with Crippen molar-refractivity contribution < 1.29 is 9.47 Å². The van der Waals surface area contributed by atoms with Crippen LogP contribution in [0.3, 0.4) is 0 Å². The van der Waals surface area contributed by atoms with Gasteiger partial charge >= 0.3 is 0 Å². The molecule has 0 fully saturated rings. The number of benzene rings is 1. The first-order valence-electron chi connectivity index (χ1n) is 6.11. The molecule has 1 aromatic rings. The predicted octanol–water partition coefficient (Wildman–Crippen LogP) is 3.46. The lowest BCUT2D eigenvalue weighted by atomic mass is 9.94. The van der Waals surface area contributed by atoms with E-state index >= 15 is 0 Å². The second-order valence-corrected chi connectivity index (χ2v) is 4.34. The van der Waals surface area contributed by atoms with Gasteiger partial charge in [0.2, 0.25) is 0 Å². The van der Waals surface area contributed by atoms with Crippen molar-refractivity contribution in [3.63, 3.8) is 0 Å². The molecule has 0 saturated carbocycles. The van der Waals surface area contributed by atoms with Gasteiger partial charge in [0.05, 0.1) is 6.10 Å². The highest BCUT2D eigenvalue weighted by Crippen LogP contribution is 2.33. The highest BCUT2D eigenvalue weighted by atomic mass is 16.7. The third-order valence-corrected chi connectivity index (χ3v) is 3.19. The summed E-state index contributed by atoms with van der Waals surface area (Å²) in [5.74, 6) is 0. The molecule has 0 saturated heterocycles. The molecule has 0 unspecified atom stereocenters. The third-order valence-electron chi connectivity index (χ3n) is 3.19. The molecule has 2 nitrogen and oxygen atoms in total. The molecule has 0 aromatic heterocycles. The lowest BCUT2D eigenvalue weighted by Crippen LogP contribution is -2.27. The number of hydrogen-bond acceptors (Lipinski definition) is 2. The fraction of sp³-hybridized carbons (Fsp3) is 0.571. The molecule has 1 aromatic carbocycles. The Labute approximate surface area is 97.6 Å². The maximum atomic E-state index is 5.94. The van der Waals surface area contributed by atoms with Crippen molar-refractivity contribution in [3.05, 3.63) is 35.4 Å². The quantitative estimate of drug-likeness (QED) is 0.773. The Morgan fingerprint density at radius 2 is 2.19 bits per heavy atom. The molecule has 0 bridgehead atoms. The molecule has 0 aliphatic carbocycles. The first-order chi connectivity index (χ1) is 7.85. The average molecular weight is 220 g/mol. The Morgan fingerprint density at radius 3 is 2.94 bits per heavy atom. The zero-order valence-electron chi connectivity index (χ0n) is 10.1. The first-order valence-corrected chi connectivity index (χ1v) is 6.11. The largest absolute Gasteiger partial charge is 0.356 e. The van der Waals surface area contributed by atoms with Crippen LogP contribution in [0, 0.1) is 0 Å². The lowest BCUT2D eigenvalue weighted by Gasteiger charge is -2.31. The van der Waals surface area contributed by atoms with E-state index in [2.05, 4.69) is 31.2 Å². The van der Waals surface area contributed by atoms with Crippen LogP contribution >= 0.6 is 0 Å². The van der Waals surface area contributed by atoms with E-state index in [4.69, 9.17) is 9.47 Å². The second kappa shape index (κ2) is 5.46. The number of fused-ring (bicyclic) bond motifs is 1. The summed E-state index contributed by atoms with van der Waals surface area (Å²) >= 11 is 0. The summed E-state index contributed by atoms with van der Waals surface area (Å²) in [6.07, 6.45) is 4.52. The minimum absolute atomic E-state index is 0.0724. The van der Waals surface area contributed by atoms with Gasteiger partial charge in [0, 0.05) is 13.5 Å². The molecule has 0 radical (unpaired) electrons. The first kappa shape index (κ1) is 11.6. The van der Waals surface area contributed by atoms with Gasteiger partial charge < -0.3 is 9.47 Å². The molecule has 1 aliphatic heterocycles. The minimum atomic E-state index is -0.0724. The fourth-order valence-electron chi connectivity index (χ4n) is 2.27. The van der Waals surface area contributed by atoms with Crippen LogP contribution in [0.5, 0.6) is 0 Å². The van der Waals surface area contributed by atoms with Gasteiger partial charge in [0.25, 0.3) is 0 Å². The highest BCUT2D eigenvalue weighted by Gasteiger charge is 2.26. The van der Waals surface area contributed by atoms with E-state index in [0.29, 0.717) is 0 Å². The van der Waals surface area contributed by atoms with Gasteiger partial charge in [-0.15, -0.1) is 0 Å². The van der Waals surface area contributed by atoms with Gasteiger partial charge in [0.1, 0.15) is 0 Å². The van der Waals surface area contributed by atoms with E-state index in [-0.39, 0.29) is 12.4 Å². The summed E-state index contributed by atoms with van der Waals surface area (Å²) in [7, 11) is 1.72. The smallest absolute Gasteiger partial charge is 0.162 e. The Hall–Kier alpha value is -0.860. The van der Waals surface area contributed by atoms with E-state index in [0.717, 1.165) is 12.8 Å². The Kier molecular flexibility index (Phi) is 3.97. The van der Waals surface area contributed by atoms with Crippen LogP contribution < -0.4 is 0 Å². The van der Waals surface area contributed by atoms with Crippen molar-refractivity contribution in [2.45, 2.75) is 45.0 Å². The molecule has 88 valence electrons. The van der Waals surface area contributed by atoms with Gasteiger partial charge in [-0.1, -0.05) is 44.0 Å². The van der Waals surface area contributed by atoms with Crippen molar-refractivity contribution in [2.24, 2.45) is 0 Å². The van der Waals surface area contributed by atoms with Crippen LogP contribution in [-0.2, 0) is 15.9 Å². The molecule has 2 atom stereocenters. The van der Waals surface area contributed by atoms with Gasteiger partial charge in [0.15, 0.2) is 6.29 Å². The van der Waals surface area contributed by atoms with Crippen molar-refractivity contribution in [2.75, 3.05) is 7.11 Å². The topological polar surface area (TPSA) is 18.5 Å². The average Bonchev–Trinajstić information content (AvgIpc) is 2.35. The van der Waals surface area contributed by atoms with Crippen molar-refractivity contribution in [1.82, 2.24) is 0 Å². The lowest BCUT2D eigenvalue weighted by molar-refractivity contribution is -0.166. The summed E-state index contributed by atoms with van der Waals surface area (Å²) < 4.78 is 11.3. The summed E-state index contributed by atoms with van der Waals surface area (Å²) in [5, 5.41) is 0. The Bertz CT molecular complexity index is 335. The monoisotopic (exact) mass is 220 g/mol. The van der Waals surface area contributed by atoms with Crippen molar-refractivity contribution in [3.8, 4) is 0 Å². The third kappa shape index (κ3) is 2.45. The van der Waals surface area contributed by atoms with Crippen LogP contribution in [-0.4, -0.2) is 13.4 Å². The normalized spacial score (nSPS) is 24.1. The molecule has 1 heterocycles. The maximum Gasteiger partial charge on any atom is 0.162 e. The predicted molar refractivity (Wildman–Crippen MR) is 64.3 cm³/mol. The van der Waals surface area contributed by atoms with E-state index in [1.165, 1.54) is 24.0 Å². The van der Waals surface area contributed by atoms with Crippen molar-refractivity contribution in [1.29, 1.82) is 0 Å².